The van der Waals surface area contributed by atoms with Crippen LogP contribution in [0.15, 0.2) is 36.7 Å². The van der Waals surface area contributed by atoms with Crippen LogP contribution in [0.3, 0.4) is 0 Å². The Morgan fingerprint density at radius 3 is 2.45 bits per heavy atom. The van der Waals surface area contributed by atoms with Gasteiger partial charge in [-0.05, 0) is 36.8 Å². The van der Waals surface area contributed by atoms with Gasteiger partial charge in [0.25, 0.3) is 0 Å². The molecule has 0 atom stereocenters. The molecule has 6 heteroatoms. The van der Waals surface area contributed by atoms with E-state index in [-0.39, 0.29) is 5.82 Å². The van der Waals surface area contributed by atoms with E-state index < -0.39 is 0 Å². The molecule has 0 radical (unpaired) electrons. The van der Waals surface area contributed by atoms with Crippen LogP contribution in [-0.2, 0) is 19.6 Å². The van der Waals surface area contributed by atoms with Crippen LogP contribution in [0.4, 0.5) is 4.39 Å². The standard InChI is InChI=1S/C14H17FN4S/c1-2-19-10-12(9-18-19)8-17-14(20)16-7-11-3-5-13(15)6-4-11/h3-6,9-10H,2,7-8H2,1H3,(H2,16,17,20). The number of hydrogen-bond donors (Lipinski definition) is 2. The molecule has 0 spiro atoms. The fourth-order valence-corrected chi connectivity index (χ4v) is 1.84. The van der Waals surface area contributed by atoms with E-state index in [1.54, 1.807) is 12.1 Å². The molecule has 0 saturated carbocycles. The molecule has 0 amide bonds. The third-order valence-electron chi connectivity index (χ3n) is 2.83. The van der Waals surface area contributed by atoms with Gasteiger partial charge in [0.15, 0.2) is 5.11 Å². The molecule has 2 aromatic rings. The van der Waals surface area contributed by atoms with Gasteiger partial charge in [0.2, 0.25) is 0 Å². The number of aryl methyl sites for hydroxylation is 1. The van der Waals surface area contributed by atoms with Crippen molar-refractivity contribution in [3.05, 3.63) is 53.6 Å². The molecule has 0 saturated heterocycles. The first-order valence-corrected chi connectivity index (χ1v) is 6.85. The summed E-state index contributed by atoms with van der Waals surface area (Å²) in [5.74, 6) is -0.234. The summed E-state index contributed by atoms with van der Waals surface area (Å²) in [6.07, 6.45) is 3.80. The molecule has 106 valence electrons. The molecule has 20 heavy (non-hydrogen) atoms. The zero-order valence-corrected chi connectivity index (χ0v) is 12.1. The van der Waals surface area contributed by atoms with Gasteiger partial charge in [-0.1, -0.05) is 12.1 Å². The van der Waals surface area contributed by atoms with Crippen molar-refractivity contribution in [3.63, 3.8) is 0 Å². The molecule has 1 aromatic heterocycles. The van der Waals surface area contributed by atoms with Crippen LogP contribution in [0, 0.1) is 5.82 Å². The maximum atomic E-state index is 12.8. The van der Waals surface area contributed by atoms with E-state index in [4.69, 9.17) is 12.2 Å². The van der Waals surface area contributed by atoms with E-state index in [1.807, 2.05) is 24.0 Å². The van der Waals surface area contributed by atoms with Gasteiger partial charge in [0, 0.05) is 31.4 Å². The quantitative estimate of drug-likeness (QED) is 0.829. The van der Waals surface area contributed by atoms with Crippen molar-refractivity contribution in [2.24, 2.45) is 0 Å². The first kappa shape index (κ1) is 14.5. The number of thiocarbonyl (C=S) groups is 1. The Morgan fingerprint density at radius 2 is 1.85 bits per heavy atom. The summed E-state index contributed by atoms with van der Waals surface area (Å²) in [5.41, 5.74) is 2.06. The molecule has 2 rings (SSSR count). The highest BCUT2D eigenvalue weighted by molar-refractivity contribution is 7.80. The summed E-state index contributed by atoms with van der Waals surface area (Å²) in [4.78, 5) is 0. The summed E-state index contributed by atoms with van der Waals surface area (Å²) in [6, 6.07) is 6.34. The Morgan fingerprint density at radius 1 is 1.20 bits per heavy atom. The van der Waals surface area contributed by atoms with Crippen molar-refractivity contribution in [2.45, 2.75) is 26.6 Å². The Bertz CT molecular complexity index is 565. The summed E-state index contributed by atoms with van der Waals surface area (Å²) >= 11 is 5.19. The molecule has 1 aromatic carbocycles. The maximum absolute atomic E-state index is 12.8. The van der Waals surface area contributed by atoms with Crippen LogP contribution in [0.2, 0.25) is 0 Å². The van der Waals surface area contributed by atoms with Gasteiger partial charge < -0.3 is 10.6 Å². The van der Waals surface area contributed by atoms with Crippen molar-refractivity contribution in [2.75, 3.05) is 0 Å². The van der Waals surface area contributed by atoms with Gasteiger partial charge in [-0.2, -0.15) is 5.10 Å². The number of nitrogens with one attached hydrogen (secondary N) is 2. The molecule has 4 nitrogen and oxygen atoms in total. The molecule has 0 aliphatic heterocycles. The monoisotopic (exact) mass is 292 g/mol. The van der Waals surface area contributed by atoms with Gasteiger partial charge in [-0.25, -0.2) is 4.39 Å². The van der Waals surface area contributed by atoms with E-state index in [0.29, 0.717) is 18.2 Å². The maximum Gasteiger partial charge on any atom is 0.166 e. The minimum atomic E-state index is -0.234. The van der Waals surface area contributed by atoms with E-state index in [0.717, 1.165) is 17.7 Å². The molecule has 0 bridgehead atoms. The third-order valence-corrected chi connectivity index (χ3v) is 3.12. The third kappa shape index (κ3) is 4.31. The molecular formula is C14H17FN4S. The van der Waals surface area contributed by atoms with Crippen LogP contribution in [-0.4, -0.2) is 14.9 Å². The molecule has 0 aliphatic rings. The summed E-state index contributed by atoms with van der Waals surface area (Å²) < 4.78 is 14.6. The number of rotatable bonds is 5. The lowest BCUT2D eigenvalue weighted by Gasteiger charge is -2.09. The number of halogens is 1. The fourth-order valence-electron chi connectivity index (χ4n) is 1.70. The van der Waals surface area contributed by atoms with Crippen LogP contribution in [0.1, 0.15) is 18.1 Å². The Labute approximate surface area is 123 Å². The molecule has 0 aliphatic carbocycles. The number of benzene rings is 1. The van der Waals surface area contributed by atoms with Gasteiger partial charge in [0.05, 0.1) is 6.20 Å². The van der Waals surface area contributed by atoms with Gasteiger partial charge in [0.1, 0.15) is 5.82 Å². The van der Waals surface area contributed by atoms with E-state index in [2.05, 4.69) is 15.7 Å². The Kier molecular flexibility index (Phi) is 5.06. The second kappa shape index (κ2) is 7.00. The molecular weight excluding hydrogens is 275 g/mol. The number of aromatic nitrogens is 2. The van der Waals surface area contributed by atoms with Crippen LogP contribution < -0.4 is 10.6 Å². The summed E-state index contributed by atoms with van der Waals surface area (Å²) in [5, 5.41) is 11.0. The van der Waals surface area contributed by atoms with Crippen LogP contribution >= 0.6 is 12.2 Å². The molecule has 0 unspecified atom stereocenters. The molecule has 0 fully saturated rings. The van der Waals surface area contributed by atoms with E-state index in [1.165, 1.54) is 12.1 Å². The Hall–Kier alpha value is -1.95. The lowest BCUT2D eigenvalue weighted by atomic mass is 10.2. The summed E-state index contributed by atoms with van der Waals surface area (Å²) in [7, 11) is 0. The summed E-state index contributed by atoms with van der Waals surface area (Å²) in [6.45, 7) is 4.10. The first-order valence-electron chi connectivity index (χ1n) is 6.45. The average molecular weight is 292 g/mol. The minimum Gasteiger partial charge on any atom is -0.359 e. The predicted molar refractivity (Wildman–Crippen MR) is 80.6 cm³/mol. The normalized spacial score (nSPS) is 10.3. The molecule has 2 N–H and O–H groups in total. The topological polar surface area (TPSA) is 41.9 Å². The van der Waals surface area contributed by atoms with Crippen molar-refractivity contribution in [3.8, 4) is 0 Å². The van der Waals surface area contributed by atoms with Gasteiger partial charge in [-0.3, -0.25) is 4.68 Å². The lowest BCUT2D eigenvalue weighted by molar-refractivity contribution is 0.626. The van der Waals surface area contributed by atoms with E-state index >= 15 is 0 Å². The largest absolute Gasteiger partial charge is 0.359 e. The predicted octanol–water partition coefficient (Wildman–Crippen LogP) is 2.21. The average Bonchev–Trinajstić information content (AvgIpc) is 2.92. The van der Waals surface area contributed by atoms with Crippen molar-refractivity contribution >= 4 is 17.3 Å². The zero-order chi connectivity index (χ0) is 14.4. The van der Waals surface area contributed by atoms with Crippen LogP contribution in [0.25, 0.3) is 0 Å². The van der Waals surface area contributed by atoms with Crippen molar-refractivity contribution in [1.82, 2.24) is 20.4 Å². The second-order valence-corrected chi connectivity index (χ2v) is 4.78. The minimum absolute atomic E-state index is 0.234. The highest BCUT2D eigenvalue weighted by Gasteiger charge is 2.00. The molecule has 1 heterocycles. The zero-order valence-electron chi connectivity index (χ0n) is 11.3. The van der Waals surface area contributed by atoms with Crippen molar-refractivity contribution < 1.29 is 4.39 Å². The second-order valence-electron chi connectivity index (χ2n) is 4.37. The van der Waals surface area contributed by atoms with Gasteiger partial charge in [-0.15, -0.1) is 0 Å². The van der Waals surface area contributed by atoms with Crippen molar-refractivity contribution in [1.29, 1.82) is 0 Å². The highest BCUT2D eigenvalue weighted by atomic mass is 32.1. The van der Waals surface area contributed by atoms with Gasteiger partial charge >= 0.3 is 0 Å². The SMILES string of the molecule is CCn1cc(CNC(=S)NCc2ccc(F)cc2)cn1. The van der Waals surface area contributed by atoms with Crippen LogP contribution in [0.5, 0.6) is 0 Å². The lowest BCUT2D eigenvalue weighted by Crippen LogP contribution is -2.34. The van der Waals surface area contributed by atoms with E-state index in [9.17, 15) is 4.39 Å². The number of hydrogen-bond acceptors (Lipinski definition) is 2. The highest BCUT2D eigenvalue weighted by Crippen LogP contribution is 2.02. The number of nitrogens with zero attached hydrogens (tertiary/aromatic N) is 2. The fraction of sp³-hybridized carbons (Fsp3) is 0.286. The smallest absolute Gasteiger partial charge is 0.166 e. The Balaban J connectivity index is 1.74. The first-order chi connectivity index (χ1) is 9.67.